The molecule has 2 aromatic carbocycles. The molecule has 2 aromatic rings. The van der Waals surface area contributed by atoms with Crippen LogP contribution in [0.4, 0.5) is 0 Å². The molecule has 3 rings (SSSR count). The summed E-state index contributed by atoms with van der Waals surface area (Å²) < 4.78 is 11.3. The van der Waals surface area contributed by atoms with E-state index in [1.807, 2.05) is 36.4 Å². The SMILES string of the molecule is O=C(C[C@@H]1CCCO1)NCc1cccc(COCc2ccccc2)c1. The van der Waals surface area contributed by atoms with Gasteiger partial charge in [-0.3, -0.25) is 4.79 Å². The average Bonchev–Trinajstić information content (AvgIpc) is 3.14. The minimum Gasteiger partial charge on any atom is -0.378 e. The number of carbonyl (C=O) groups is 1. The fourth-order valence-electron chi connectivity index (χ4n) is 2.98. The van der Waals surface area contributed by atoms with Gasteiger partial charge in [0.25, 0.3) is 0 Å². The van der Waals surface area contributed by atoms with Crippen LogP contribution >= 0.6 is 0 Å². The highest BCUT2D eigenvalue weighted by atomic mass is 16.5. The monoisotopic (exact) mass is 339 g/mol. The second-order valence-electron chi connectivity index (χ2n) is 6.41. The summed E-state index contributed by atoms with van der Waals surface area (Å²) in [6, 6.07) is 18.3. The van der Waals surface area contributed by atoms with Crippen LogP contribution in [0.2, 0.25) is 0 Å². The van der Waals surface area contributed by atoms with Gasteiger partial charge in [-0.2, -0.15) is 0 Å². The van der Waals surface area contributed by atoms with Crippen molar-refractivity contribution in [1.82, 2.24) is 5.32 Å². The van der Waals surface area contributed by atoms with Gasteiger partial charge in [-0.25, -0.2) is 0 Å². The second-order valence-corrected chi connectivity index (χ2v) is 6.41. The Morgan fingerprint density at radius 1 is 1.04 bits per heavy atom. The molecular weight excluding hydrogens is 314 g/mol. The number of ether oxygens (including phenoxy) is 2. The van der Waals surface area contributed by atoms with Gasteiger partial charge in [-0.05, 0) is 29.5 Å². The number of hydrogen-bond acceptors (Lipinski definition) is 3. The normalized spacial score (nSPS) is 16.7. The van der Waals surface area contributed by atoms with E-state index in [1.54, 1.807) is 0 Å². The Labute approximate surface area is 149 Å². The van der Waals surface area contributed by atoms with Crippen molar-refractivity contribution in [2.24, 2.45) is 0 Å². The van der Waals surface area contributed by atoms with E-state index in [4.69, 9.17) is 9.47 Å². The molecule has 1 heterocycles. The van der Waals surface area contributed by atoms with Crippen molar-refractivity contribution >= 4 is 5.91 Å². The molecule has 0 radical (unpaired) electrons. The highest BCUT2D eigenvalue weighted by Crippen LogP contribution is 2.15. The molecule has 4 nitrogen and oxygen atoms in total. The van der Waals surface area contributed by atoms with Gasteiger partial charge in [0.05, 0.1) is 25.7 Å². The topological polar surface area (TPSA) is 47.6 Å². The first-order valence-corrected chi connectivity index (χ1v) is 8.87. The number of amides is 1. The molecule has 25 heavy (non-hydrogen) atoms. The number of nitrogens with one attached hydrogen (secondary N) is 1. The van der Waals surface area contributed by atoms with Crippen LogP contribution in [0.5, 0.6) is 0 Å². The van der Waals surface area contributed by atoms with Crippen LogP contribution in [0.25, 0.3) is 0 Å². The lowest BCUT2D eigenvalue weighted by molar-refractivity contribution is -0.123. The maximum atomic E-state index is 12.0. The minimum atomic E-state index is 0.0534. The fourth-order valence-corrected chi connectivity index (χ4v) is 2.98. The van der Waals surface area contributed by atoms with E-state index in [9.17, 15) is 4.79 Å². The third kappa shape index (κ3) is 6.00. The Morgan fingerprint density at radius 3 is 2.60 bits per heavy atom. The Morgan fingerprint density at radius 2 is 1.80 bits per heavy atom. The standard InChI is InChI=1S/C21H25NO3/c23-21(13-20-10-5-11-25-20)22-14-18-8-4-9-19(12-18)16-24-15-17-6-2-1-3-7-17/h1-4,6-9,12,20H,5,10-11,13-16H2,(H,22,23)/t20-/m0/s1. The van der Waals surface area contributed by atoms with Crippen LogP contribution in [-0.2, 0) is 34.0 Å². The van der Waals surface area contributed by atoms with E-state index in [-0.39, 0.29) is 12.0 Å². The van der Waals surface area contributed by atoms with Gasteiger partial charge >= 0.3 is 0 Å². The molecule has 1 atom stereocenters. The first-order chi connectivity index (χ1) is 12.3. The summed E-state index contributed by atoms with van der Waals surface area (Å²) >= 11 is 0. The summed E-state index contributed by atoms with van der Waals surface area (Å²) in [5, 5.41) is 2.98. The van der Waals surface area contributed by atoms with Crippen molar-refractivity contribution in [1.29, 1.82) is 0 Å². The van der Waals surface area contributed by atoms with Crippen LogP contribution < -0.4 is 5.32 Å². The second kappa shape index (κ2) is 9.35. The smallest absolute Gasteiger partial charge is 0.222 e. The zero-order chi connectivity index (χ0) is 17.3. The Hall–Kier alpha value is -2.17. The highest BCUT2D eigenvalue weighted by molar-refractivity contribution is 5.76. The van der Waals surface area contributed by atoms with Gasteiger partial charge in [0.1, 0.15) is 0 Å². The largest absolute Gasteiger partial charge is 0.378 e. The molecule has 0 spiro atoms. The molecule has 1 saturated heterocycles. The fraction of sp³-hybridized carbons (Fsp3) is 0.381. The molecule has 0 aliphatic carbocycles. The molecule has 1 amide bonds. The van der Waals surface area contributed by atoms with E-state index in [0.29, 0.717) is 26.2 Å². The van der Waals surface area contributed by atoms with Crippen LogP contribution in [0.3, 0.4) is 0 Å². The van der Waals surface area contributed by atoms with Crippen molar-refractivity contribution in [3.63, 3.8) is 0 Å². The van der Waals surface area contributed by atoms with Crippen molar-refractivity contribution < 1.29 is 14.3 Å². The predicted octanol–water partition coefficient (Wildman–Crippen LogP) is 3.59. The molecule has 1 aliphatic rings. The van der Waals surface area contributed by atoms with Gasteiger partial charge < -0.3 is 14.8 Å². The van der Waals surface area contributed by atoms with E-state index in [2.05, 4.69) is 23.5 Å². The molecule has 1 fully saturated rings. The summed E-state index contributed by atoms with van der Waals surface area (Å²) in [4.78, 5) is 12.0. The lowest BCUT2D eigenvalue weighted by Crippen LogP contribution is -2.26. The number of rotatable bonds is 8. The molecule has 1 N–H and O–H groups in total. The molecule has 0 unspecified atom stereocenters. The van der Waals surface area contributed by atoms with Crippen LogP contribution in [-0.4, -0.2) is 18.6 Å². The van der Waals surface area contributed by atoms with Crippen molar-refractivity contribution in [3.8, 4) is 0 Å². The molecule has 1 aliphatic heterocycles. The molecule has 0 saturated carbocycles. The predicted molar refractivity (Wildman–Crippen MR) is 96.8 cm³/mol. The number of hydrogen-bond donors (Lipinski definition) is 1. The summed E-state index contributed by atoms with van der Waals surface area (Å²) in [6.07, 6.45) is 2.60. The summed E-state index contributed by atoms with van der Waals surface area (Å²) in [7, 11) is 0. The summed E-state index contributed by atoms with van der Waals surface area (Å²) in [5.74, 6) is 0.0534. The third-order valence-corrected chi connectivity index (χ3v) is 4.30. The quantitative estimate of drug-likeness (QED) is 0.799. The van der Waals surface area contributed by atoms with Crippen molar-refractivity contribution in [2.45, 2.75) is 45.1 Å². The van der Waals surface area contributed by atoms with Crippen molar-refractivity contribution in [3.05, 3.63) is 71.3 Å². The molecule has 132 valence electrons. The summed E-state index contributed by atoms with van der Waals surface area (Å²) in [6.45, 7) is 2.48. The first-order valence-electron chi connectivity index (χ1n) is 8.87. The summed E-state index contributed by atoms with van der Waals surface area (Å²) in [5.41, 5.74) is 3.36. The number of carbonyl (C=O) groups excluding carboxylic acids is 1. The lowest BCUT2D eigenvalue weighted by Gasteiger charge is -2.11. The van der Waals surface area contributed by atoms with E-state index in [1.165, 1.54) is 5.56 Å². The Bertz CT molecular complexity index is 666. The van der Waals surface area contributed by atoms with Crippen molar-refractivity contribution in [2.75, 3.05) is 6.61 Å². The van der Waals surface area contributed by atoms with Gasteiger partial charge in [0.15, 0.2) is 0 Å². The van der Waals surface area contributed by atoms with Gasteiger partial charge in [0, 0.05) is 13.2 Å². The van der Waals surface area contributed by atoms with E-state index in [0.717, 1.165) is 30.6 Å². The zero-order valence-corrected chi connectivity index (χ0v) is 14.4. The van der Waals surface area contributed by atoms with E-state index < -0.39 is 0 Å². The zero-order valence-electron chi connectivity index (χ0n) is 14.4. The lowest BCUT2D eigenvalue weighted by atomic mass is 10.1. The van der Waals surface area contributed by atoms with Crippen LogP contribution in [0, 0.1) is 0 Å². The number of benzene rings is 2. The average molecular weight is 339 g/mol. The molecular formula is C21H25NO3. The minimum absolute atomic E-state index is 0.0534. The maximum Gasteiger partial charge on any atom is 0.222 e. The van der Waals surface area contributed by atoms with Crippen LogP contribution in [0.1, 0.15) is 36.0 Å². The maximum absolute atomic E-state index is 12.0. The van der Waals surface area contributed by atoms with Gasteiger partial charge in [-0.1, -0.05) is 54.6 Å². The molecule has 0 aromatic heterocycles. The Balaban J connectivity index is 1.42. The highest BCUT2D eigenvalue weighted by Gasteiger charge is 2.18. The Kier molecular flexibility index (Phi) is 6.60. The molecule has 0 bridgehead atoms. The third-order valence-electron chi connectivity index (χ3n) is 4.30. The first kappa shape index (κ1) is 17.6. The van der Waals surface area contributed by atoms with Gasteiger partial charge in [-0.15, -0.1) is 0 Å². The van der Waals surface area contributed by atoms with Gasteiger partial charge in [0.2, 0.25) is 5.91 Å². The van der Waals surface area contributed by atoms with E-state index >= 15 is 0 Å². The molecule has 4 heteroatoms. The van der Waals surface area contributed by atoms with Crippen LogP contribution in [0.15, 0.2) is 54.6 Å².